The predicted octanol–water partition coefficient (Wildman–Crippen LogP) is 1.86. The number of nitrogens with two attached hydrogens (primary N) is 1. The molecule has 1 aliphatic rings. The molecule has 0 unspecified atom stereocenters. The van der Waals surface area contributed by atoms with Gasteiger partial charge in [-0.25, -0.2) is 0 Å². The van der Waals surface area contributed by atoms with Crippen molar-refractivity contribution in [3.8, 4) is 11.4 Å². The summed E-state index contributed by atoms with van der Waals surface area (Å²) in [5.74, 6) is 1.25. The molecule has 2 aromatic heterocycles. The smallest absolute Gasteiger partial charge is 0.228 e. The van der Waals surface area contributed by atoms with Crippen LogP contribution in [0.3, 0.4) is 0 Å². The molecule has 0 aliphatic heterocycles. The molecule has 2 heterocycles. The molecule has 1 fully saturated rings. The van der Waals surface area contributed by atoms with E-state index >= 15 is 0 Å². The van der Waals surface area contributed by atoms with Crippen LogP contribution in [0.25, 0.3) is 11.4 Å². The average molecular weight is 244 g/mol. The van der Waals surface area contributed by atoms with Crippen molar-refractivity contribution >= 4 is 0 Å². The van der Waals surface area contributed by atoms with Crippen LogP contribution in [0.15, 0.2) is 23.0 Å². The highest BCUT2D eigenvalue weighted by Gasteiger charge is 2.34. The molecule has 0 amide bonds. The highest BCUT2D eigenvalue weighted by Crippen LogP contribution is 2.32. The summed E-state index contributed by atoms with van der Waals surface area (Å²) in [5.41, 5.74) is 8.04. The van der Waals surface area contributed by atoms with E-state index in [2.05, 4.69) is 15.1 Å². The van der Waals surface area contributed by atoms with E-state index in [-0.39, 0.29) is 5.54 Å². The zero-order chi connectivity index (χ0) is 12.6. The lowest BCUT2D eigenvalue weighted by molar-refractivity contribution is 0.222. The van der Waals surface area contributed by atoms with Gasteiger partial charge in [-0.3, -0.25) is 4.98 Å². The topological polar surface area (TPSA) is 77.8 Å². The zero-order valence-corrected chi connectivity index (χ0v) is 10.4. The summed E-state index contributed by atoms with van der Waals surface area (Å²) in [4.78, 5) is 8.48. The van der Waals surface area contributed by atoms with Crippen LogP contribution in [0.5, 0.6) is 0 Å². The standard InChI is InChI=1S/C13H16N4O/c1-9-8-15-6-3-10(9)12-16-11(18-17-12)7-13(14)4-2-5-13/h3,6,8H,2,4-5,7,14H2,1H3. The van der Waals surface area contributed by atoms with Crippen LogP contribution in [0.1, 0.15) is 30.7 Å². The molecule has 0 radical (unpaired) electrons. The van der Waals surface area contributed by atoms with Gasteiger partial charge in [0.25, 0.3) is 0 Å². The molecule has 0 saturated heterocycles. The number of aryl methyl sites for hydroxylation is 1. The van der Waals surface area contributed by atoms with Gasteiger partial charge in [0.05, 0.1) is 0 Å². The summed E-state index contributed by atoms with van der Waals surface area (Å²) < 4.78 is 5.28. The first-order valence-electron chi connectivity index (χ1n) is 6.19. The highest BCUT2D eigenvalue weighted by atomic mass is 16.5. The molecule has 1 aliphatic carbocycles. The molecular weight excluding hydrogens is 228 g/mol. The van der Waals surface area contributed by atoms with E-state index in [1.807, 2.05) is 13.0 Å². The van der Waals surface area contributed by atoms with Crippen molar-refractivity contribution < 1.29 is 4.52 Å². The van der Waals surface area contributed by atoms with Gasteiger partial charge < -0.3 is 10.3 Å². The van der Waals surface area contributed by atoms with E-state index in [4.69, 9.17) is 10.3 Å². The molecule has 0 atom stereocenters. The van der Waals surface area contributed by atoms with Crippen molar-refractivity contribution in [1.82, 2.24) is 15.1 Å². The lowest BCUT2D eigenvalue weighted by atomic mass is 9.75. The lowest BCUT2D eigenvalue weighted by Gasteiger charge is -2.36. The van der Waals surface area contributed by atoms with Gasteiger partial charge in [0.1, 0.15) is 0 Å². The molecule has 18 heavy (non-hydrogen) atoms. The van der Waals surface area contributed by atoms with E-state index in [9.17, 15) is 0 Å². The number of hydrogen-bond donors (Lipinski definition) is 1. The maximum absolute atomic E-state index is 6.17. The van der Waals surface area contributed by atoms with Gasteiger partial charge in [-0.1, -0.05) is 5.16 Å². The summed E-state index contributed by atoms with van der Waals surface area (Å²) in [6.07, 6.45) is 7.47. The summed E-state index contributed by atoms with van der Waals surface area (Å²) in [7, 11) is 0. The summed E-state index contributed by atoms with van der Waals surface area (Å²) in [6, 6.07) is 1.89. The Bertz CT molecular complexity index is 560. The molecular formula is C13H16N4O. The van der Waals surface area contributed by atoms with Crippen LogP contribution in [0.4, 0.5) is 0 Å². The Morgan fingerprint density at radius 3 is 2.94 bits per heavy atom. The second-order valence-electron chi connectivity index (χ2n) is 5.10. The zero-order valence-electron chi connectivity index (χ0n) is 10.4. The maximum Gasteiger partial charge on any atom is 0.228 e. The van der Waals surface area contributed by atoms with Crippen LogP contribution in [-0.2, 0) is 6.42 Å². The highest BCUT2D eigenvalue weighted by molar-refractivity contribution is 5.57. The van der Waals surface area contributed by atoms with Crippen LogP contribution in [0, 0.1) is 6.92 Å². The van der Waals surface area contributed by atoms with Crippen LogP contribution in [0.2, 0.25) is 0 Å². The van der Waals surface area contributed by atoms with Crippen molar-refractivity contribution in [2.75, 3.05) is 0 Å². The van der Waals surface area contributed by atoms with Crippen LogP contribution in [-0.4, -0.2) is 20.7 Å². The van der Waals surface area contributed by atoms with Gasteiger partial charge in [0.15, 0.2) is 0 Å². The van der Waals surface area contributed by atoms with E-state index in [0.29, 0.717) is 18.1 Å². The average Bonchev–Trinajstić information content (AvgIpc) is 2.76. The monoisotopic (exact) mass is 244 g/mol. The van der Waals surface area contributed by atoms with Crippen molar-refractivity contribution in [2.24, 2.45) is 5.73 Å². The first-order valence-corrected chi connectivity index (χ1v) is 6.19. The quantitative estimate of drug-likeness (QED) is 0.891. The summed E-state index contributed by atoms with van der Waals surface area (Å²) in [5, 5.41) is 4.02. The van der Waals surface area contributed by atoms with Gasteiger partial charge in [0.2, 0.25) is 11.7 Å². The minimum Gasteiger partial charge on any atom is -0.339 e. The van der Waals surface area contributed by atoms with Gasteiger partial charge >= 0.3 is 0 Å². The van der Waals surface area contributed by atoms with Gasteiger partial charge in [-0.05, 0) is 37.8 Å². The molecule has 1 saturated carbocycles. The Labute approximate surface area is 105 Å². The normalized spacial score (nSPS) is 17.4. The number of hydrogen-bond acceptors (Lipinski definition) is 5. The van der Waals surface area contributed by atoms with Crippen molar-refractivity contribution in [3.63, 3.8) is 0 Å². The van der Waals surface area contributed by atoms with Gasteiger partial charge in [-0.15, -0.1) is 0 Å². The number of rotatable bonds is 3. The Kier molecular flexibility index (Phi) is 2.63. The molecule has 2 N–H and O–H groups in total. The third kappa shape index (κ3) is 2.01. The number of aromatic nitrogens is 3. The summed E-state index contributed by atoms with van der Waals surface area (Å²) in [6.45, 7) is 1.98. The minimum absolute atomic E-state index is 0.128. The Morgan fingerprint density at radius 1 is 1.44 bits per heavy atom. The number of pyridine rings is 1. The molecule has 3 rings (SSSR count). The molecule has 0 spiro atoms. The number of nitrogens with zero attached hydrogens (tertiary/aromatic N) is 3. The fourth-order valence-corrected chi connectivity index (χ4v) is 2.27. The summed E-state index contributed by atoms with van der Waals surface area (Å²) >= 11 is 0. The van der Waals surface area contributed by atoms with Crippen LogP contribution >= 0.6 is 0 Å². The third-order valence-corrected chi connectivity index (χ3v) is 3.58. The second-order valence-corrected chi connectivity index (χ2v) is 5.10. The fraction of sp³-hybridized carbons (Fsp3) is 0.462. The molecule has 2 aromatic rings. The first kappa shape index (κ1) is 11.3. The Balaban J connectivity index is 1.83. The SMILES string of the molecule is Cc1cnccc1-c1noc(CC2(N)CCC2)n1. The molecule has 94 valence electrons. The maximum atomic E-state index is 6.17. The Hall–Kier alpha value is -1.75. The van der Waals surface area contributed by atoms with Gasteiger partial charge in [0, 0.05) is 29.9 Å². The van der Waals surface area contributed by atoms with E-state index < -0.39 is 0 Å². The van der Waals surface area contributed by atoms with E-state index in [0.717, 1.165) is 24.0 Å². The lowest BCUT2D eigenvalue weighted by Crippen LogP contribution is -2.48. The first-order chi connectivity index (χ1) is 8.66. The van der Waals surface area contributed by atoms with Gasteiger partial charge in [-0.2, -0.15) is 4.98 Å². The second kappa shape index (κ2) is 4.17. The molecule has 5 heteroatoms. The Morgan fingerprint density at radius 2 is 2.28 bits per heavy atom. The predicted molar refractivity (Wildman–Crippen MR) is 66.7 cm³/mol. The van der Waals surface area contributed by atoms with Crippen molar-refractivity contribution in [3.05, 3.63) is 29.9 Å². The van der Waals surface area contributed by atoms with Crippen LogP contribution < -0.4 is 5.73 Å². The third-order valence-electron chi connectivity index (χ3n) is 3.58. The largest absolute Gasteiger partial charge is 0.339 e. The molecule has 5 nitrogen and oxygen atoms in total. The van der Waals surface area contributed by atoms with E-state index in [1.54, 1.807) is 12.4 Å². The molecule has 0 aromatic carbocycles. The minimum atomic E-state index is -0.128. The van der Waals surface area contributed by atoms with Crippen molar-refractivity contribution in [2.45, 2.75) is 38.1 Å². The molecule has 0 bridgehead atoms. The van der Waals surface area contributed by atoms with E-state index in [1.165, 1.54) is 6.42 Å². The fourth-order valence-electron chi connectivity index (χ4n) is 2.27. The van der Waals surface area contributed by atoms with Crippen molar-refractivity contribution in [1.29, 1.82) is 0 Å².